The first-order valence-electron chi connectivity index (χ1n) is 10.3. The molecule has 0 radical (unpaired) electrons. The van der Waals surface area contributed by atoms with Gasteiger partial charge in [0.1, 0.15) is 11.4 Å². The normalized spacial score (nSPS) is 21.4. The number of anilines is 1. The van der Waals surface area contributed by atoms with Crippen molar-refractivity contribution >= 4 is 5.82 Å². The highest BCUT2D eigenvalue weighted by molar-refractivity contribution is 5.64. The minimum Gasteiger partial charge on any atom is -0.390 e. The van der Waals surface area contributed by atoms with Gasteiger partial charge >= 0.3 is 6.18 Å². The quantitative estimate of drug-likeness (QED) is 0.789. The number of aryl methyl sites for hydroxylation is 1. The van der Waals surface area contributed by atoms with Crippen LogP contribution < -0.4 is 10.6 Å². The molecule has 1 saturated carbocycles. The Hall–Kier alpha value is -2.26. The molecule has 6 nitrogen and oxygen atoms in total. The monoisotopic (exact) mass is 421 g/mol. The molecule has 9 heteroatoms. The van der Waals surface area contributed by atoms with Gasteiger partial charge < -0.3 is 15.7 Å². The van der Waals surface area contributed by atoms with Crippen molar-refractivity contribution in [2.75, 3.05) is 18.0 Å². The number of pyridine rings is 1. The van der Waals surface area contributed by atoms with Crippen molar-refractivity contribution in [3.05, 3.63) is 35.4 Å². The van der Waals surface area contributed by atoms with Crippen LogP contribution in [0.3, 0.4) is 0 Å². The third kappa shape index (κ3) is 3.76. The van der Waals surface area contributed by atoms with Crippen molar-refractivity contribution < 1.29 is 18.3 Å². The number of nitrogens with zero attached hydrogens (tertiary/aromatic N) is 4. The number of alkyl halides is 3. The molecule has 2 aromatic rings. The van der Waals surface area contributed by atoms with Crippen molar-refractivity contribution in [1.29, 1.82) is 0 Å². The van der Waals surface area contributed by atoms with E-state index in [-0.39, 0.29) is 23.6 Å². The Balaban J connectivity index is 1.62. The van der Waals surface area contributed by atoms with Crippen molar-refractivity contribution in [2.24, 2.45) is 11.1 Å². The number of nitrogens with two attached hydrogens (primary N) is 1. The number of aliphatic hydroxyl groups is 1. The summed E-state index contributed by atoms with van der Waals surface area (Å²) in [7, 11) is 0. The Bertz CT molecular complexity index is 925. The third-order valence-corrected chi connectivity index (χ3v) is 6.63. The van der Waals surface area contributed by atoms with Crippen LogP contribution in [0.2, 0.25) is 0 Å². The van der Waals surface area contributed by atoms with Gasteiger partial charge in [-0.05, 0) is 50.2 Å². The number of rotatable bonds is 3. The van der Waals surface area contributed by atoms with E-state index in [1.54, 1.807) is 6.92 Å². The molecule has 0 bridgehead atoms. The Morgan fingerprint density at radius 1 is 1.23 bits per heavy atom. The number of aromatic nitrogens is 3. The summed E-state index contributed by atoms with van der Waals surface area (Å²) in [5, 5.41) is 9.90. The second-order valence-corrected chi connectivity index (χ2v) is 8.36. The van der Waals surface area contributed by atoms with Gasteiger partial charge in [-0.15, -0.1) is 0 Å². The van der Waals surface area contributed by atoms with E-state index in [1.807, 2.05) is 0 Å². The largest absolute Gasteiger partial charge is 0.433 e. The molecule has 2 aliphatic rings. The topological polar surface area (TPSA) is 88.2 Å². The first kappa shape index (κ1) is 21.0. The number of hydrogen-bond acceptors (Lipinski definition) is 6. The first-order chi connectivity index (χ1) is 14.2. The van der Waals surface area contributed by atoms with Gasteiger partial charge in [-0.1, -0.05) is 6.42 Å². The molecule has 0 amide bonds. The summed E-state index contributed by atoms with van der Waals surface area (Å²) in [4.78, 5) is 14.6. The maximum Gasteiger partial charge on any atom is 0.433 e. The lowest BCUT2D eigenvalue weighted by atomic mass is 9.74. The van der Waals surface area contributed by atoms with Crippen LogP contribution in [-0.4, -0.2) is 39.2 Å². The molecular formula is C21H26F3N5O. The van der Waals surface area contributed by atoms with E-state index in [1.165, 1.54) is 12.5 Å². The van der Waals surface area contributed by atoms with E-state index >= 15 is 0 Å². The predicted octanol–water partition coefficient (Wildman–Crippen LogP) is 3.46. The second-order valence-electron chi connectivity index (χ2n) is 8.36. The Labute approximate surface area is 173 Å². The molecular weight excluding hydrogens is 395 g/mol. The first-order valence-corrected chi connectivity index (χ1v) is 10.3. The van der Waals surface area contributed by atoms with E-state index in [9.17, 15) is 18.3 Å². The summed E-state index contributed by atoms with van der Waals surface area (Å²) < 4.78 is 39.1. The maximum atomic E-state index is 13.0. The highest BCUT2D eigenvalue weighted by Crippen LogP contribution is 2.46. The van der Waals surface area contributed by atoms with Crippen molar-refractivity contribution in [3.8, 4) is 11.3 Å². The van der Waals surface area contributed by atoms with E-state index in [4.69, 9.17) is 5.73 Å². The zero-order valence-corrected chi connectivity index (χ0v) is 16.9. The molecule has 0 unspecified atom stereocenters. The fourth-order valence-corrected chi connectivity index (χ4v) is 4.86. The highest BCUT2D eigenvalue weighted by Gasteiger charge is 2.43. The molecule has 3 heterocycles. The summed E-state index contributed by atoms with van der Waals surface area (Å²) >= 11 is 0. The van der Waals surface area contributed by atoms with Gasteiger partial charge in [0.15, 0.2) is 5.82 Å². The number of aliphatic hydroxyl groups excluding tert-OH is 1. The van der Waals surface area contributed by atoms with Crippen LogP contribution in [0.1, 0.15) is 49.2 Å². The zero-order valence-electron chi connectivity index (χ0n) is 16.9. The lowest BCUT2D eigenvalue weighted by Gasteiger charge is -2.42. The van der Waals surface area contributed by atoms with Crippen LogP contribution in [0.25, 0.3) is 11.3 Å². The molecule has 162 valence electrons. The molecule has 1 atom stereocenters. The van der Waals surface area contributed by atoms with Gasteiger partial charge in [-0.3, -0.25) is 4.98 Å². The molecule has 1 spiro atoms. The van der Waals surface area contributed by atoms with Gasteiger partial charge in [0.05, 0.1) is 18.0 Å². The maximum absolute atomic E-state index is 13.0. The van der Waals surface area contributed by atoms with Crippen LogP contribution >= 0.6 is 0 Å². The molecule has 3 N–H and O–H groups in total. The molecule has 0 aromatic carbocycles. The lowest BCUT2D eigenvalue weighted by Crippen LogP contribution is -2.47. The van der Waals surface area contributed by atoms with Crippen LogP contribution in [-0.2, 0) is 12.8 Å². The predicted molar refractivity (Wildman–Crippen MR) is 107 cm³/mol. The Kier molecular flexibility index (Phi) is 5.44. The standard InChI is InChI=1S/C21H26F3N5O/c1-13-18(14-4-8-26-17(11-14)21(22,23)24)28-15(12-30)19(27-13)29-9-6-20(7-10-29)5-2-3-16(20)25/h4,8,11,16,30H,2-3,5-7,9-10,12,25H2,1H3/t16-/m1/s1. The summed E-state index contributed by atoms with van der Waals surface area (Å²) in [6, 6.07) is 2.67. The van der Waals surface area contributed by atoms with Crippen molar-refractivity contribution in [3.63, 3.8) is 0 Å². The van der Waals surface area contributed by atoms with Gasteiger partial charge in [0.2, 0.25) is 0 Å². The highest BCUT2D eigenvalue weighted by atomic mass is 19.4. The number of hydrogen-bond donors (Lipinski definition) is 2. The van der Waals surface area contributed by atoms with E-state index < -0.39 is 11.9 Å². The van der Waals surface area contributed by atoms with Gasteiger partial charge in [-0.2, -0.15) is 13.2 Å². The van der Waals surface area contributed by atoms with Crippen LogP contribution in [0.15, 0.2) is 18.3 Å². The fourth-order valence-electron chi connectivity index (χ4n) is 4.86. The molecule has 1 saturated heterocycles. The van der Waals surface area contributed by atoms with Crippen LogP contribution in [0.5, 0.6) is 0 Å². The molecule has 2 aromatic heterocycles. The van der Waals surface area contributed by atoms with E-state index in [0.717, 1.165) is 51.0 Å². The average molecular weight is 421 g/mol. The van der Waals surface area contributed by atoms with Gasteiger partial charge in [0, 0.05) is 30.9 Å². The second kappa shape index (κ2) is 7.77. The van der Waals surface area contributed by atoms with Crippen LogP contribution in [0.4, 0.5) is 19.0 Å². The minimum atomic E-state index is -4.54. The summed E-state index contributed by atoms with van der Waals surface area (Å²) in [6.45, 7) is 2.94. The van der Waals surface area contributed by atoms with Crippen molar-refractivity contribution in [1.82, 2.24) is 15.0 Å². The number of piperidine rings is 1. The van der Waals surface area contributed by atoms with E-state index in [0.29, 0.717) is 22.9 Å². The number of halogens is 3. The van der Waals surface area contributed by atoms with Crippen molar-refractivity contribution in [2.45, 2.75) is 57.9 Å². The fraction of sp³-hybridized carbons (Fsp3) is 0.571. The molecule has 2 fully saturated rings. The third-order valence-electron chi connectivity index (χ3n) is 6.63. The summed E-state index contributed by atoms with van der Waals surface area (Å²) in [6.07, 6.45) is 1.91. The molecule has 30 heavy (non-hydrogen) atoms. The molecule has 1 aliphatic heterocycles. The van der Waals surface area contributed by atoms with E-state index in [2.05, 4.69) is 19.9 Å². The molecule has 1 aliphatic carbocycles. The van der Waals surface area contributed by atoms with Gasteiger partial charge in [-0.25, -0.2) is 9.97 Å². The average Bonchev–Trinajstić information content (AvgIpc) is 3.07. The smallest absolute Gasteiger partial charge is 0.390 e. The van der Waals surface area contributed by atoms with Crippen LogP contribution in [0, 0.1) is 12.3 Å². The summed E-state index contributed by atoms with van der Waals surface area (Å²) in [5.74, 6) is 0.602. The molecule has 4 rings (SSSR count). The Morgan fingerprint density at radius 3 is 2.57 bits per heavy atom. The van der Waals surface area contributed by atoms with Gasteiger partial charge in [0.25, 0.3) is 0 Å². The SMILES string of the molecule is Cc1nc(N2CCC3(CCC[C@H]3N)CC2)c(CO)nc1-c1ccnc(C(F)(F)F)c1. The minimum absolute atomic E-state index is 0.198. The Morgan fingerprint density at radius 2 is 1.97 bits per heavy atom. The lowest BCUT2D eigenvalue weighted by molar-refractivity contribution is -0.141. The summed E-state index contributed by atoms with van der Waals surface area (Å²) in [5.41, 5.74) is 7.06. The zero-order chi connectivity index (χ0) is 21.5.